The molecule has 1 aromatic carbocycles. The first-order chi connectivity index (χ1) is 8.97. The van der Waals surface area contributed by atoms with Crippen molar-refractivity contribution in [2.45, 2.75) is 13.0 Å². The summed E-state index contributed by atoms with van der Waals surface area (Å²) in [6, 6.07) is 8.78. The third kappa shape index (κ3) is 3.41. The van der Waals surface area contributed by atoms with Crippen molar-refractivity contribution < 1.29 is 4.79 Å². The van der Waals surface area contributed by atoms with Crippen molar-refractivity contribution in [3.05, 3.63) is 50.1 Å². The van der Waals surface area contributed by atoms with E-state index in [1.807, 2.05) is 19.1 Å². The number of carbonyl (C=O) groups excluding carboxylic acids is 1. The molecule has 0 bridgehead atoms. The summed E-state index contributed by atoms with van der Waals surface area (Å²) in [4.78, 5) is 12.1. The van der Waals surface area contributed by atoms with Crippen LogP contribution in [0.4, 0.5) is 5.69 Å². The van der Waals surface area contributed by atoms with Gasteiger partial charge in [-0.15, -0.1) is 11.3 Å². The number of thiophene rings is 1. The number of nitrogens with two attached hydrogens (primary N) is 1. The summed E-state index contributed by atoms with van der Waals surface area (Å²) >= 11 is 12.9. The maximum absolute atomic E-state index is 12.1. The first-order valence-electron chi connectivity index (χ1n) is 5.58. The average Bonchev–Trinajstić information content (AvgIpc) is 2.69. The van der Waals surface area contributed by atoms with Gasteiger partial charge < -0.3 is 11.1 Å². The van der Waals surface area contributed by atoms with Crippen molar-refractivity contribution in [2.75, 3.05) is 5.73 Å². The Balaban J connectivity index is 2.10. The number of nitrogens with one attached hydrogen (secondary N) is 1. The molecule has 3 N–H and O–H groups in total. The SMILES string of the molecule is CC(NC(=O)c1cc(Cl)sc1Cl)c1ccc(N)cc1. The molecular formula is C13H12Cl2N2OS. The van der Waals surface area contributed by atoms with Gasteiger partial charge in [0, 0.05) is 5.69 Å². The molecule has 0 saturated carbocycles. The summed E-state index contributed by atoms with van der Waals surface area (Å²) in [5.41, 5.74) is 7.69. The number of hydrogen-bond acceptors (Lipinski definition) is 3. The summed E-state index contributed by atoms with van der Waals surface area (Å²) in [5.74, 6) is -0.238. The Hall–Kier alpha value is -1.23. The zero-order valence-corrected chi connectivity index (χ0v) is 12.4. The van der Waals surface area contributed by atoms with Gasteiger partial charge in [0.2, 0.25) is 0 Å². The van der Waals surface area contributed by atoms with Crippen molar-refractivity contribution in [1.82, 2.24) is 5.32 Å². The van der Waals surface area contributed by atoms with Gasteiger partial charge in [0.05, 0.1) is 15.9 Å². The van der Waals surface area contributed by atoms with Gasteiger partial charge in [-0.1, -0.05) is 35.3 Å². The molecule has 0 aliphatic carbocycles. The van der Waals surface area contributed by atoms with Crippen LogP contribution in [0.3, 0.4) is 0 Å². The first kappa shape index (κ1) is 14.2. The fraction of sp³-hybridized carbons (Fsp3) is 0.154. The largest absolute Gasteiger partial charge is 0.399 e. The van der Waals surface area contributed by atoms with Crippen LogP contribution < -0.4 is 11.1 Å². The molecule has 100 valence electrons. The van der Waals surface area contributed by atoms with Gasteiger partial charge in [-0.3, -0.25) is 4.79 Å². The molecule has 1 amide bonds. The predicted octanol–water partition coefficient (Wildman–Crippen LogP) is 4.13. The molecule has 0 aliphatic heterocycles. The second kappa shape index (κ2) is 5.82. The zero-order chi connectivity index (χ0) is 14.0. The van der Waals surface area contributed by atoms with Gasteiger partial charge in [0.1, 0.15) is 4.34 Å². The summed E-state index contributed by atoms with van der Waals surface area (Å²) in [6.45, 7) is 1.89. The van der Waals surface area contributed by atoms with Crippen LogP contribution in [0.15, 0.2) is 30.3 Å². The van der Waals surface area contributed by atoms with Crippen LogP contribution >= 0.6 is 34.5 Å². The van der Waals surface area contributed by atoms with Crippen LogP contribution in [0, 0.1) is 0 Å². The van der Waals surface area contributed by atoms with Crippen molar-refractivity contribution in [1.29, 1.82) is 0 Å². The highest BCUT2D eigenvalue weighted by Gasteiger charge is 2.16. The van der Waals surface area contributed by atoms with Gasteiger partial charge in [-0.25, -0.2) is 0 Å². The van der Waals surface area contributed by atoms with Crippen molar-refractivity contribution in [2.24, 2.45) is 0 Å². The normalized spacial score (nSPS) is 12.2. The molecule has 0 aliphatic rings. The van der Waals surface area contributed by atoms with Crippen LogP contribution in [0.5, 0.6) is 0 Å². The van der Waals surface area contributed by atoms with Gasteiger partial charge in [0.15, 0.2) is 0 Å². The van der Waals surface area contributed by atoms with E-state index in [0.29, 0.717) is 19.9 Å². The van der Waals surface area contributed by atoms with Gasteiger partial charge in [0.25, 0.3) is 5.91 Å². The summed E-state index contributed by atoms with van der Waals surface area (Å²) in [7, 11) is 0. The van der Waals surface area contributed by atoms with Crippen molar-refractivity contribution in [3.63, 3.8) is 0 Å². The van der Waals surface area contributed by atoms with E-state index in [4.69, 9.17) is 28.9 Å². The highest BCUT2D eigenvalue weighted by atomic mass is 35.5. The van der Waals surface area contributed by atoms with Gasteiger partial charge >= 0.3 is 0 Å². The standard InChI is InChI=1S/C13H12Cl2N2OS/c1-7(8-2-4-9(16)5-3-8)17-13(18)10-6-11(14)19-12(10)15/h2-7H,16H2,1H3,(H,17,18). The molecule has 2 rings (SSSR count). The fourth-order valence-electron chi connectivity index (χ4n) is 1.64. The molecule has 1 aromatic heterocycles. The molecule has 1 heterocycles. The lowest BCUT2D eigenvalue weighted by Gasteiger charge is -2.14. The highest BCUT2D eigenvalue weighted by Crippen LogP contribution is 2.31. The number of anilines is 1. The van der Waals surface area contributed by atoms with E-state index in [-0.39, 0.29) is 11.9 Å². The third-order valence-electron chi connectivity index (χ3n) is 2.69. The minimum atomic E-state index is -0.238. The van der Waals surface area contributed by atoms with Crippen molar-refractivity contribution >= 4 is 46.1 Å². The van der Waals surface area contributed by atoms with E-state index in [9.17, 15) is 4.79 Å². The molecule has 0 spiro atoms. The Morgan fingerprint density at radius 1 is 1.32 bits per heavy atom. The molecule has 3 nitrogen and oxygen atoms in total. The molecule has 1 unspecified atom stereocenters. The summed E-state index contributed by atoms with van der Waals surface area (Å²) in [5, 5.41) is 2.87. The number of benzene rings is 1. The smallest absolute Gasteiger partial charge is 0.254 e. The second-order valence-electron chi connectivity index (χ2n) is 4.10. The average molecular weight is 315 g/mol. The third-order valence-corrected chi connectivity index (χ3v) is 4.17. The molecule has 1 atom stereocenters. The molecule has 19 heavy (non-hydrogen) atoms. The minimum Gasteiger partial charge on any atom is -0.399 e. The van der Waals surface area contributed by atoms with Gasteiger partial charge in [-0.2, -0.15) is 0 Å². The number of rotatable bonds is 3. The van der Waals surface area contributed by atoms with E-state index in [2.05, 4.69) is 5.32 Å². The zero-order valence-electron chi connectivity index (χ0n) is 10.1. The molecule has 2 aromatic rings. The molecule has 0 radical (unpaired) electrons. The van der Waals surface area contributed by atoms with E-state index in [1.165, 1.54) is 11.3 Å². The van der Waals surface area contributed by atoms with Crippen LogP contribution in [-0.4, -0.2) is 5.91 Å². The molecular weight excluding hydrogens is 303 g/mol. The van der Waals surface area contributed by atoms with E-state index < -0.39 is 0 Å². The van der Waals surface area contributed by atoms with E-state index in [0.717, 1.165) is 5.56 Å². The lowest BCUT2D eigenvalue weighted by atomic mass is 10.1. The minimum absolute atomic E-state index is 0.136. The van der Waals surface area contributed by atoms with E-state index >= 15 is 0 Å². The van der Waals surface area contributed by atoms with Gasteiger partial charge in [-0.05, 0) is 30.7 Å². The number of halogens is 2. The number of hydrogen-bond donors (Lipinski definition) is 2. The summed E-state index contributed by atoms with van der Waals surface area (Å²) in [6.07, 6.45) is 0. The Labute approximate surface area is 125 Å². The number of carbonyl (C=O) groups is 1. The molecule has 6 heteroatoms. The first-order valence-corrected chi connectivity index (χ1v) is 7.15. The summed E-state index contributed by atoms with van der Waals surface area (Å²) < 4.78 is 0.891. The predicted molar refractivity (Wildman–Crippen MR) is 81.1 cm³/mol. The van der Waals surface area contributed by atoms with Crippen LogP contribution in [0.25, 0.3) is 0 Å². The topological polar surface area (TPSA) is 55.1 Å². The Morgan fingerprint density at radius 2 is 1.95 bits per heavy atom. The van der Waals surface area contributed by atoms with Crippen LogP contribution in [-0.2, 0) is 0 Å². The monoisotopic (exact) mass is 314 g/mol. The second-order valence-corrected chi connectivity index (χ2v) is 6.39. The maximum atomic E-state index is 12.1. The van der Waals surface area contributed by atoms with Crippen LogP contribution in [0.1, 0.15) is 28.9 Å². The Kier molecular flexibility index (Phi) is 4.34. The number of amides is 1. The van der Waals surface area contributed by atoms with E-state index in [1.54, 1.807) is 18.2 Å². The Bertz CT molecular complexity index is 595. The molecule has 0 saturated heterocycles. The van der Waals surface area contributed by atoms with Crippen LogP contribution in [0.2, 0.25) is 8.67 Å². The van der Waals surface area contributed by atoms with Crippen molar-refractivity contribution in [3.8, 4) is 0 Å². The lowest BCUT2D eigenvalue weighted by molar-refractivity contribution is 0.0940. The quantitative estimate of drug-likeness (QED) is 0.837. The maximum Gasteiger partial charge on any atom is 0.254 e. The molecule has 0 fully saturated rings. The number of nitrogen functional groups attached to an aromatic ring is 1. The fourth-order valence-corrected chi connectivity index (χ4v) is 3.10. The highest BCUT2D eigenvalue weighted by molar-refractivity contribution is 7.20. The lowest BCUT2D eigenvalue weighted by Crippen LogP contribution is -2.26. The Morgan fingerprint density at radius 3 is 2.47 bits per heavy atom.